The molecule has 0 spiro atoms. The van der Waals surface area contributed by atoms with Gasteiger partial charge in [-0.15, -0.1) is 0 Å². The number of piperazine rings is 1. The molecule has 1 aliphatic rings. The minimum Gasteiger partial charge on any atom is -0.443 e. The zero-order valence-electron chi connectivity index (χ0n) is 14.4. The maximum absolute atomic E-state index is 12.9. The van der Waals surface area contributed by atoms with Crippen molar-refractivity contribution in [2.24, 2.45) is 0 Å². The quantitative estimate of drug-likeness (QED) is 0.887. The van der Waals surface area contributed by atoms with Crippen molar-refractivity contribution >= 4 is 16.3 Å². The van der Waals surface area contributed by atoms with Gasteiger partial charge in [0.2, 0.25) is 0 Å². The Morgan fingerprint density at radius 1 is 1.21 bits per heavy atom. The molecule has 8 heteroatoms. The molecule has 0 aromatic heterocycles. The Morgan fingerprint density at radius 3 is 2.33 bits per heavy atom. The van der Waals surface area contributed by atoms with Gasteiger partial charge in [-0.2, -0.15) is 17.0 Å². The molecule has 0 saturated carbocycles. The third-order valence-electron chi connectivity index (χ3n) is 3.45. The van der Waals surface area contributed by atoms with Crippen LogP contribution in [0.25, 0.3) is 0 Å². The number of nitrogens with zero attached hydrogens (tertiary/aromatic N) is 2. The topological polar surface area (TPSA) is 79.0 Å². The molecule has 1 heterocycles. The lowest BCUT2D eigenvalue weighted by molar-refractivity contribution is 0.0371. The number of ether oxygens (including phenoxy) is 1. The number of carbonyl (C=O) groups is 1. The predicted molar refractivity (Wildman–Crippen MR) is 91.6 cm³/mol. The molecule has 1 aromatic rings. The van der Waals surface area contributed by atoms with Gasteiger partial charge in [0.05, 0.1) is 6.54 Å². The van der Waals surface area contributed by atoms with Crippen LogP contribution in [0.2, 0.25) is 0 Å². The summed E-state index contributed by atoms with van der Waals surface area (Å²) in [6, 6.07) is 9.02. The van der Waals surface area contributed by atoms with Crippen LogP contribution in [0.5, 0.6) is 0 Å². The van der Waals surface area contributed by atoms with Gasteiger partial charge in [0, 0.05) is 26.2 Å². The molecule has 0 radical (unpaired) electrons. The van der Waals surface area contributed by atoms with E-state index in [-0.39, 0.29) is 6.54 Å². The third kappa shape index (κ3) is 4.93. The number of hydrogen-bond donors (Lipinski definition) is 1. The smallest absolute Gasteiger partial charge is 0.425 e. The van der Waals surface area contributed by atoms with Gasteiger partial charge in [0.25, 0.3) is 0 Å². The zero-order valence-corrected chi connectivity index (χ0v) is 15.2. The van der Waals surface area contributed by atoms with Crippen LogP contribution in [0.3, 0.4) is 0 Å². The number of benzene rings is 1. The Morgan fingerprint density at radius 2 is 1.79 bits per heavy atom. The SMILES string of the molecule is CC(C)(C)OC(=O)N(Cc1ccccc1)S(=O)(=O)N1CCNCC1. The van der Waals surface area contributed by atoms with E-state index in [1.54, 1.807) is 45.0 Å². The van der Waals surface area contributed by atoms with Crippen LogP contribution in [0.15, 0.2) is 30.3 Å². The first-order chi connectivity index (χ1) is 11.2. The summed E-state index contributed by atoms with van der Waals surface area (Å²) in [4.78, 5) is 12.5. The molecule has 0 unspecified atom stereocenters. The molecule has 1 aliphatic heterocycles. The zero-order chi connectivity index (χ0) is 17.8. The first kappa shape index (κ1) is 18.7. The van der Waals surface area contributed by atoms with E-state index >= 15 is 0 Å². The highest BCUT2D eigenvalue weighted by molar-refractivity contribution is 7.87. The number of amides is 1. The highest BCUT2D eigenvalue weighted by Crippen LogP contribution is 2.19. The Kier molecular flexibility index (Phi) is 5.84. The largest absolute Gasteiger partial charge is 0.443 e. The fourth-order valence-electron chi connectivity index (χ4n) is 2.32. The van der Waals surface area contributed by atoms with Gasteiger partial charge in [-0.25, -0.2) is 4.79 Å². The molecule has 24 heavy (non-hydrogen) atoms. The summed E-state index contributed by atoms with van der Waals surface area (Å²) in [6.07, 6.45) is -0.857. The van der Waals surface area contributed by atoms with E-state index in [0.717, 1.165) is 9.87 Å². The molecule has 1 fully saturated rings. The van der Waals surface area contributed by atoms with Crippen LogP contribution < -0.4 is 5.32 Å². The van der Waals surface area contributed by atoms with Crippen LogP contribution in [-0.4, -0.2) is 54.9 Å². The number of rotatable bonds is 4. The van der Waals surface area contributed by atoms with Gasteiger partial charge in [0.15, 0.2) is 0 Å². The van der Waals surface area contributed by atoms with Gasteiger partial charge in [-0.05, 0) is 26.3 Å². The lowest BCUT2D eigenvalue weighted by atomic mass is 10.2. The summed E-state index contributed by atoms with van der Waals surface area (Å²) in [5.41, 5.74) is -0.0487. The summed E-state index contributed by atoms with van der Waals surface area (Å²) >= 11 is 0. The molecule has 1 aromatic carbocycles. The Balaban J connectivity index is 2.28. The van der Waals surface area contributed by atoms with Gasteiger partial charge < -0.3 is 10.1 Å². The van der Waals surface area contributed by atoms with E-state index in [4.69, 9.17) is 4.74 Å². The van der Waals surface area contributed by atoms with Crippen molar-refractivity contribution in [2.75, 3.05) is 26.2 Å². The maximum atomic E-state index is 12.9. The summed E-state index contributed by atoms with van der Waals surface area (Å²) in [5.74, 6) is 0. The van der Waals surface area contributed by atoms with E-state index in [1.165, 1.54) is 4.31 Å². The van der Waals surface area contributed by atoms with E-state index in [1.807, 2.05) is 6.07 Å². The van der Waals surface area contributed by atoms with Crippen molar-refractivity contribution in [3.05, 3.63) is 35.9 Å². The van der Waals surface area contributed by atoms with E-state index in [0.29, 0.717) is 26.2 Å². The fraction of sp³-hybridized carbons (Fsp3) is 0.562. The van der Waals surface area contributed by atoms with Crippen molar-refractivity contribution < 1.29 is 17.9 Å². The fourth-order valence-corrected chi connectivity index (χ4v) is 3.78. The van der Waals surface area contributed by atoms with Crippen molar-refractivity contribution in [1.82, 2.24) is 13.9 Å². The first-order valence-electron chi connectivity index (χ1n) is 7.95. The van der Waals surface area contributed by atoms with Gasteiger partial charge in [-0.3, -0.25) is 0 Å². The van der Waals surface area contributed by atoms with E-state index in [2.05, 4.69) is 5.32 Å². The second-order valence-electron chi connectivity index (χ2n) is 6.63. The van der Waals surface area contributed by atoms with Crippen molar-refractivity contribution in [2.45, 2.75) is 32.9 Å². The molecular weight excluding hydrogens is 330 g/mol. The standard InChI is InChI=1S/C16H25N3O4S/c1-16(2,3)23-15(20)19(13-14-7-5-4-6-8-14)24(21,22)18-11-9-17-10-12-18/h4-8,17H,9-13H2,1-3H3. The van der Waals surface area contributed by atoms with Crippen LogP contribution in [-0.2, 0) is 21.5 Å². The monoisotopic (exact) mass is 355 g/mol. The molecule has 134 valence electrons. The molecule has 1 amide bonds. The summed E-state index contributed by atoms with van der Waals surface area (Å²) in [6.45, 7) is 6.86. The van der Waals surface area contributed by atoms with Crippen LogP contribution in [0.1, 0.15) is 26.3 Å². The third-order valence-corrected chi connectivity index (χ3v) is 5.30. The highest BCUT2D eigenvalue weighted by Gasteiger charge is 2.36. The average molecular weight is 355 g/mol. The number of nitrogens with one attached hydrogen (secondary N) is 1. The molecule has 0 bridgehead atoms. The molecule has 7 nitrogen and oxygen atoms in total. The molecular formula is C16H25N3O4S. The normalized spacial score (nSPS) is 16.6. The maximum Gasteiger partial charge on any atom is 0.425 e. The number of carbonyl (C=O) groups excluding carboxylic acids is 1. The second kappa shape index (κ2) is 7.50. The van der Waals surface area contributed by atoms with Crippen molar-refractivity contribution in [1.29, 1.82) is 0 Å². The molecule has 2 rings (SSSR count). The lowest BCUT2D eigenvalue weighted by Gasteiger charge is -2.33. The summed E-state index contributed by atoms with van der Waals surface area (Å²) < 4.78 is 33.3. The van der Waals surface area contributed by atoms with Crippen LogP contribution >= 0.6 is 0 Å². The lowest BCUT2D eigenvalue weighted by Crippen LogP contribution is -2.53. The second-order valence-corrected chi connectivity index (χ2v) is 8.48. The van der Waals surface area contributed by atoms with E-state index in [9.17, 15) is 13.2 Å². The van der Waals surface area contributed by atoms with Crippen LogP contribution in [0.4, 0.5) is 4.79 Å². The van der Waals surface area contributed by atoms with Gasteiger partial charge in [0.1, 0.15) is 5.60 Å². The molecule has 1 saturated heterocycles. The van der Waals surface area contributed by atoms with Gasteiger partial charge >= 0.3 is 16.3 Å². The summed E-state index contributed by atoms with van der Waals surface area (Å²) in [5, 5.41) is 3.10. The van der Waals surface area contributed by atoms with E-state index < -0.39 is 21.9 Å². The average Bonchev–Trinajstić information content (AvgIpc) is 2.52. The van der Waals surface area contributed by atoms with Crippen molar-refractivity contribution in [3.63, 3.8) is 0 Å². The Bertz CT molecular complexity index is 650. The minimum atomic E-state index is -3.94. The summed E-state index contributed by atoms with van der Waals surface area (Å²) in [7, 11) is -3.94. The first-order valence-corrected chi connectivity index (χ1v) is 9.35. The highest BCUT2D eigenvalue weighted by atomic mass is 32.2. The molecule has 0 atom stereocenters. The van der Waals surface area contributed by atoms with Crippen LogP contribution in [0, 0.1) is 0 Å². The van der Waals surface area contributed by atoms with Gasteiger partial charge in [-0.1, -0.05) is 30.3 Å². The minimum absolute atomic E-state index is 0.0536. The molecule has 0 aliphatic carbocycles. The Hall–Kier alpha value is -1.64. The Labute approximate surface area is 143 Å². The number of hydrogen-bond acceptors (Lipinski definition) is 5. The molecule has 1 N–H and O–H groups in total. The predicted octanol–water partition coefficient (Wildman–Crippen LogP) is 1.57. The van der Waals surface area contributed by atoms with Crippen molar-refractivity contribution in [3.8, 4) is 0 Å².